The monoisotopic (exact) mass is 450 g/mol. The maximum absolute atomic E-state index is 12.3. The van der Waals surface area contributed by atoms with Gasteiger partial charge in [0.1, 0.15) is 5.75 Å². The zero-order valence-electron chi connectivity index (χ0n) is 16.0. The first kappa shape index (κ1) is 21.5. The number of para-hydroxylation sites is 1. The second-order valence-corrected chi connectivity index (χ2v) is 7.70. The molecule has 0 saturated carbocycles. The van der Waals surface area contributed by atoms with E-state index >= 15 is 0 Å². The third-order valence-electron chi connectivity index (χ3n) is 4.00. The minimum atomic E-state index is -0.171. The molecule has 0 atom stereocenters. The largest absolute Gasteiger partial charge is 0.493 e. The maximum Gasteiger partial charge on any atom is 0.234 e. The molecule has 3 rings (SSSR count). The fourth-order valence-electron chi connectivity index (χ4n) is 2.71. The van der Waals surface area contributed by atoms with Gasteiger partial charge in [0.2, 0.25) is 5.91 Å². The lowest BCUT2D eigenvalue weighted by Crippen LogP contribution is -2.14. The van der Waals surface area contributed by atoms with Gasteiger partial charge in [0.05, 0.1) is 28.0 Å². The molecule has 0 unspecified atom stereocenters. The standard InChI is InChI=1S/C20H20Cl2N4O2S/c1-3-26-19(14-7-5-6-8-17(14)28-4-2)24-25-20(26)29-12-18(27)23-13-9-10-15(21)16(22)11-13/h5-11H,3-4,12H2,1-2H3,(H,23,27). The fourth-order valence-corrected chi connectivity index (χ4v) is 3.81. The van der Waals surface area contributed by atoms with Gasteiger partial charge in [0, 0.05) is 12.2 Å². The van der Waals surface area contributed by atoms with Crippen molar-refractivity contribution < 1.29 is 9.53 Å². The number of hydrogen-bond acceptors (Lipinski definition) is 5. The molecule has 6 nitrogen and oxygen atoms in total. The van der Waals surface area contributed by atoms with Gasteiger partial charge in [-0.3, -0.25) is 4.79 Å². The van der Waals surface area contributed by atoms with Gasteiger partial charge in [-0.2, -0.15) is 0 Å². The van der Waals surface area contributed by atoms with Crippen LogP contribution in [0.4, 0.5) is 5.69 Å². The minimum absolute atomic E-state index is 0.171. The summed E-state index contributed by atoms with van der Waals surface area (Å²) in [5.41, 5.74) is 1.46. The number of carbonyl (C=O) groups excluding carboxylic acids is 1. The van der Waals surface area contributed by atoms with Crippen LogP contribution >= 0.6 is 35.0 Å². The summed E-state index contributed by atoms with van der Waals surface area (Å²) in [5.74, 6) is 1.48. The Morgan fingerprint density at radius 3 is 2.66 bits per heavy atom. The SMILES string of the molecule is CCOc1ccccc1-c1nnc(SCC(=O)Nc2ccc(Cl)c(Cl)c2)n1CC. The highest BCUT2D eigenvalue weighted by atomic mass is 35.5. The molecular weight excluding hydrogens is 431 g/mol. The first-order valence-corrected chi connectivity index (χ1v) is 10.8. The number of ether oxygens (including phenoxy) is 1. The Labute approximate surface area is 183 Å². The number of carbonyl (C=O) groups is 1. The number of rotatable bonds is 8. The van der Waals surface area contributed by atoms with Crippen LogP contribution in [0.5, 0.6) is 5.75 Å². The van der Waals surface area contributed by atoms with Crippen molar-refractivity contribution >= 4 is 46.6 Å². The number of hydrogen-bond donors (Lipinski definition) is 1. The number of aromatic nitrogens is 3. The highest BCUT2D eigenvalue weighted by Crippen LogP contribution is 2.31. The Bertz CT molecular complexity index is 1010. The minimum Gasteiger partial charge on any atom is -0.493 e. The molecule has 1 aromatic heterocycles. The zero-order valence-corrected chi connectivity index (χ0v) is 18.3. The molecule has 0 bridgehead atoms. The molecule has 0 aliphatic heterocycles. The number of thioether (sulfide) groups is 1. The summed E-state index contributed by atoms with van der Waals surface area (Å²) in [6.07, 6.45) is 0. The Morgan fingerprint density at radius 2 is 1.93 bits per heavy atom. The summed E-state index contributed by atoms with van der Waals surface area (Å²) in [4.78, 5) is 12.3. The van der Waals surface area contributed by atoms with E-state index in [1.54, 1.807) is 18.2 Å². The molecule has 1 amide bonds. The second kappa shape index (κ2) is 10.0. The van der Waals surface area contributed by atoms with Gasteiger partial charge < -0.3 is 14.6 Å². The molecule has 0 aliphatic rings. The van der Waals surface area contributed by atoms with Gasteiger partial charge in [0.25, 0.3) is 0 Å². The Morgan fingerprint density at radius 1 is 1.14 bits per heavy atom. The molecule has 1 heterocycles. The number of benzene rings is 2. The van der Waals surface area contributed by atoms with E-state index in [-0.39, 0.29) is 11.7 Å². The average Bonchev–Trinajstić information content (AvgIpc) is 3.12. The number of halogens is 2. The zero-order chi connectivity index (χ0) is 20.8. The topological polar surface area (TPSA) is 69.0 Å². The fraction of sp³-hybridized carbons (Fsp3) is 0.250. The highest BCUT2D eigenvalue weighted by molar-refractivity contribution is 7.99. The van der Waals surface area contributed by atoms with Gasteiger partial charge in [0.15, 0.2) is 11.0 Å². The third-order valence-corrected chi connectivity index (χ3v) is 5.70. The van der Waals surface area contributed by atoms with Crippen molar-refractivity contribution in [2.24, 2.45) is 0 Å². The molecule has 1 N–H and O–H groups in total. The highest BCUT2D eigenvalue weighted by Gasteiger charge is 2.17. The van der Waals surface area contributed by atoms with E-state index in [1.807, 2.05) is 42.7 Å². The van der Waals surface area contributed by atoms with Crippen LogP contribution in [0.25, 0.3) is 11.4 Å². The normalized spacial score (nSPS) is 10.8. The summed E-state index contributed by atoms with van der Waals surface area (Å²) >= 11 is 13.2. The average molecular weight is 451 g/mol. The Balaban J connectivity index is 1.72. The van der Waals surface area contributed by atoms with Crippen molar-refractivity contribution in [2.45, 2.75) is 25.5 Å². The smallest absolute Gasteiger partial charge is 0.234 e. The van der Waals surface area contributed by atoms with Crippen LogP contribution in [0, 0.1) is 0 Å². The van der Waals surface area contributed by atoms with Crippen molar-refractivity contribution in [2.75, 3.05) is 17.7 Å². The van der Waals surface area contributed by atoms with E-state index in [1.165, 1.54) is 11.8 Å². The molecule has 0 aliphatic carbocycles. The molecule has 9 heteroatoms. The van der Waals surface area contributed by atoms with Gasteiger partial charge in [-0.1, -0.05) is 47.1 Å². The summed E-state index contributed by atoms with van der Waals surface area (Å²) < 4.78 is 7.68. The Kier molecular flexibility index (Phi) is 7.41. The van der Waals surface area contributed by atoms with Crippen LogP contribution in [0.1, 0.15) is 13.8 Å². The number of nitrogens with zero attached hydrogens (tertiary/aromatic N) is 3. The predicted octanol–water partition coefficient (Wildman–Crippen LogP) is 5.40. The molecular formula is C20H20Cl2N4O2S. The molecule has 0 saturated heterocycles. The van der Waals surface area contributed by atoms with E-state index in [0.29, 0.717) is 39.9 Å². The second-order valence-electron chi connectivity index (χ2n) is 5.95. The summed E-state index contributed by atoms with van der Waals surface area (Å²) in [6.45, 7) is 5.18. The van der Waals surface area contributed by atoms with Crippen molar-refractivity contribution in [1.29, 1.82) is 0 Å². The summed E-state index contributed by atoms with van der Waals surface area (Å²) in [5, 5.41) is 12.9. The van der Waals surface area contributed by atoms with Crippen molar-refractivity contribution in [1.82, 2.24) is 14.8 Å². The van der Waals surface area contributed by atoms with Gasteiger partial charge in [-0.25, -0.2) is 0 Å². The van der Waals surface area contributed by atoms with Crippen LogP contribution in [0.3, 0.4) is 0 Å². The summed E-state index contributed by atoms with van der Waals surface area (Å²) in [6, 6.07) is 12.7. The number of anilines is 1. The first-order chi connectivity index (χ1) is 14.0. The van der Waals surface area contributed by atoms with E-state index in [9.17, 15) is 4.79 Å². The van der Waals surface area contributed by atoms with E-state index in [4.69, 9.17) is 27.9 Å². The van der Waals surface area contributed by atoms with Crippen LogP contribution in [0.15, 0.2) is 47.6 Å². The molecule has 0 spiro atoms. The van der Waals surface area contributed by atoms with Crippen molar-refractivity contribution in [3.05, 3.63) is 52.5 Å². The molecule has 0 fully saturated rings. The first-order valence-electron chi connectivity index (χ1n) is 9.06. The van der Waals surface area contributed by atoms with Gasteiger partial charge in [-0.05, 0) is 44.2 Å². The molecule has 2 aromatic carbocycles. The lowest BCUT2D eigenvalue weighted by molar-refractivity contribution is -0.113. The molecule has 29 heavy (non-hydrogen) atoms. The molecule has 152 valence electrons. The van der Waals surface area contributed by atoms with Gasteiger partial charge in [-0.15, -0.1) is 10.2 Å². The lowest BCUT2D eigenvalue weighted by atomic mass is 10.2. The summed E-state index contributed by atoms with van der Waals surface area (Å²) in [7, 11) is 0. The van der Waals surface area contributed by atoms with Crippen LogP contribution in [-0.2, 0) is 11.3 Å². The molecule has 3 aromatic rings. The Hall–Kier alpha value is -2.22. The maximum atomic E-state index is 12.3. The third kappa shape index (κ3) is 5.23. The van der Waals surface area contributed by atoms with E-state index in [2.05, 4.69) is 15.5 Å². The predicted molar refractivity (Wildman–Crippen MR) is 118 cm³/mol. The van der Waals surface area contributed by atoms with Crippen molar-refractivity contribution in [3.8, 4) is 17.1 Å². The van der Waals surface area contributed by atoms with Crippen molar-refractivity contribution in [3.63, 3.8) is 0 Å². The van der Waals surface area contributed by atoms with E-state index < -0.39 is 0 Å². The van der Waals surface area contributed by atoms with Crippen LogP contribution < -0.4 is 10.1 Å². The number of amides is 1. The quantitative estimate of drug-likeness (QED) is 0.465. The number of nitrogens with one attached hydrogen (secondary N) is 1. The van der Waals surface area contributed by atoms with Crippen LogP contribution in [-0.4, -0.2) is 33.0 Å². The van der Waals surface area contributed by atoms with Gasteiger partial charge >= 0.3 is 0 Å². The van der Waals surface area contributed by atoms with Crippen LogP contribution in [0.2, 0.25) is 10.0 Å². The van der Waals surface area contributed by atoms with E-state index in [0.717, 1.165) is 11.3 Å². The lowest BCUT2D eigenvalue weighted by Gasteiger charge is -2.11. The molecule has 0 radical (unpaired) electrons.